The molecule has 2 N–H and O–H groups in total. The highest BCUT2D eigenvalue weighted by Crippen LogP contribution is 2.41. The summed E-state index contributed by atoms with van der Waals surface area (Å²) in [4.78, 5) is 27.7. The number of fused-ring (bicyclic) bond motifs is 1. The van der Waals surface area contributed by atoms with Gasteiger partial charge < -0.3 is 10.5 Å². The molecule has 1 aromatic heterocycles. The highest BCUT2D eigenvalue weighted by Gasteiger charge is 2.35. The molecule has 0 saturated heterocycles. The second kappa shape index (κ2) is 6.44. The Bertz CT molecular complexity index is 665. The molecule has 0 bridgehead atoms. The number of amides is 1. The lowest BCUT2D eigenvalue weighted by atomic mass is 9.79. The molecule has 116 valence electrons. The number of esters is 1. The van der Waals surface area contributed by atoms with Gasteiger partial charge in [-0.25, -0.2) is 4.98 Å². The zero-order valence-corrected chi connectivity index (χ0v) is 13.0. The Balaban J connectivity index is 1.82. The Kier molecular flexibility index (Phi) is 4.38. The normalized spacial score (nSPS) is 21.6. The van der Waals surface area contributed by atoms with Crippen LogP contribution in [0.5, 0.6) is 0 Å². The van der Waals surface area contributed by atoms with Gasteiger partial charge in [0.15, 0.2) is 6.61 Å². The summed E-state index contributed by atoms with van der Waals surface area (Å²) in [5.41, 5.74) is 6.01. The topological polar surface area (TPSA) is 82.3 Å². The highest BCUT2D eigenvalue weighted by atomic mass is 32.1. The summed E-state index contributed by atoms with van der Waals surface area (Å²) >= 11 is 1.64. The highest BCUT2D eigenvalue weighted by molar-refractivity contribution is 7.18. The number of thiazole rings is 1. The predicted octanol–water partition coefficient (Wildman–Crippen LogP) is 2.60. The van der Waals surface area contributed by atoms with Gasteiger partial charge in [0, 0.05) is 5.92 Å². The van der Waals surface area contributed by atoms with Crippen LogP contribution in [0.15, 0.2) is 24.3 Å². The number of rotatable bonds is 4. The van der Waals surface area contributed by atoms with Crippen molar-refractivity contribution in [2.24, 2.45) is 11.7 Å². The van der Waals surface area contributed by atoms with E-state index in [4.69, 9.17) is 10.5 Å². The Morgan fingerprint density at radius 1 is 1.27 bits per heavy atom. The van der Waals surface area contributed by atoms with Crippen LogP contribution in [-0.4, -0.2) is 23.5 Å². The second-order valence-corrected chi connectivity index (χ2v) is 6.65. The summed E-state index contributed by atoms with van der Waals surface area (Å²) < 4.78 is 6.16. The third-order valence-electron chi connectivity index (χ3n) is 4.05. The number of nitrogens with two attached hydrogens (primary N) is 1. The molecule has 3 rings (SSSR count). The van der Waals surface area contributed by atoms with Crippen LogP contribution in [-0.2, 0) is 14.3 Å². The molecule has 1 aliphatic rings. The zero-order valence-electron chi connectivity index (χ0n) is 12.2. The molecule has 2 aromatic rings. The quantitative estimate of drug-likeness (QED) is 0.878. The molecule has 0 radical (unpaired) electrons. The first-order chi connectivity index (χ1) is 10.6. The molecule has 5 nitrogen and oxygen atoms in total. The third kappa shape index (κ3) is 3.11. The van der Waals surface area contributed by atoms with E-state index in [1.807, 2.05) is 24.3 Å². The molecule has 1 amide bonds. The van der Waals surface area contributed by atoms with Gasteiger partial charge in [-0.05, 0) is 25.0 Å². The van der Waals surface area contributed by atoms with E-state index in [9.17, 15) is 9.59 Å². The van der Waals surface area contributed by atoms with Crippen molar-refractivity contribution in [3.05, 3.63) is 29.3 Å². The van der Waals surface area contributed by atoms with Crippen molar-refractivity contribution >= 4 is 33.4 Å². The molecule has 0 aliphatic heterocycles. The minimum atomic E-state index is -0.624. The number of ether oxygens (including phenoxy) is 1. The Morgan fingerprint density at radius 3 is 2.82 bits per heavy atom. The molecule has 6 heteroatoms. The van der Waals surface area contributed by atoms with Crippen molar-refractivity contribution < 1.29 is 14.3 Å². The zero-order chi connectivity index (χ0) is 15.5. The number of aromatic nitrogens is 1. The fraction of sp³-hybridized carbons (Fsp3) is 0.438. The molecular weight excluding hydrogens is 300 g/mol. The van der Waals surface area contributed by atoms with Gasteiger partial charge in [-0.3, -0.25) is 9.59 Å². The van der Waals surface area contributed by atoms with Crippen LogP contribution in [0.1, 0.15) is 36.6 Å². The molecular formula is C16H18N2O3S. The first kappa shape index (κ1) is 15.0. The van der Waals surface area contributed by atoms with Gasteiger partial charge in [0.25, 0.3) is 5.91 Å². The molecule has 1 fully saturated rings. The number of nitrogens with zero attached hydrogens (tertiary/aromatic N) is 1. The van der Waals surface area contributed by atoms with Gasteiger partial charge >= 0.3 is 5.97 Å². The summed E-state index contributed by atoms with van der Waals surface area (Å²) in [6.45, 7) is -0.345. The summed E-state index contributed by atoms with van der Waals surface area (Å²) in [5.74, 6) is -1.11. The number of para-hydroxylation sites is 1. The van der Waals surface area contributed by atoms with Gasteiger partial charge in [-0.15, -0.1) is 11.3 Å². The molecule has 1 aromatic carbocycles. The van der Waals surface area contributed by atoms with Crippen molar-refractivity contribution in [1.82, 2.24) is 4.98 Å². The lowest BCUT2D eigenvalue weighted by Crippen LogP contribution is -2.30. The number of carbonyl (C=O) groups excluding carboxylic acids is 2. The van der Waals surface area contributed by atoms with Gasteiger partial charge in [0.2, 0.25) is 0 Å². The van der Waals surface area contributed by atoms with Crippen molar-refractivity contribution in [3.63, 3.8) is 0 Å². The van der Waals surface area contributed by atoms with E-state index < -0.39 is 5.91 Å². The van der Waals surface area contributed by atoms with Gasteiger partial charge in [0.1, 0.15) is 0 Å². The van der Waals surface area contributed by atoms with Crippen LogP contribution < -0.4 is 5.73 Å². The van der Waals surface area contributed by atoms with E-state index in [0.29, 0.717) is 0 Å². The predicted molar refractivity (Wildman–Crippen MR) is 84.5 cm³/mol. The standard InChI is InChI=1S/C16H18N2O3S/c17-14(19)9-21-16(20)11-6-2-1-5-10(11)15-18-12-7-3-4-8-13(12)22-15/h3-4,7-8,10-11H,1-2,5-6,9H2,(H2,17,19)/t10-,11+/m1/s1. The van der Waals surface area contributed by atoms with Gasteiger partial charge in [-0.1, -0.05) is 25.0 Å². The number of primary amides is 1. The van der Waals surface area contributed by atoms with E-state index >= 15 is 0 Å². The van der Waals surface area contributed by atoms with E-state index in [0.717, 1.165) is 40.9 Å². The average Bonchev–Trinajstić information content (AvgIpc) is 2.96. The Morgan fingerprint density at radius 2 is 2.05 bits per heavy atom. The fourth-order valence-electron chi connectivity index (χ4n) is 3.01. The third-order valence-corrected chi connectivity index (χ3v) is 5.22. The minimum Gasteiger partial charge on any atom is -0.455 e. The first-order valence-electron chi connectivity index (χ1n) is 7.45. The van der Waals surface area contributed by atoms with E-state index in [1.165, 1.54) is 0 Å². The van der Waals surface area contributed by atoms with Crippen LogP contribution in [0.4, 0.5) is 0 Å². The molecule has 1 heterocycles. The van der Waals surface area contributed by atoms with E-state index in [-0.39, 0.29) is 24.4 Å². The van der Waals surface area contributed by atoms with Crippen LogP contribution in [0.25, 0.3) is 10.2 Å². The molecule has 1 saturated carbocycles. The maximum Gasteiger partial charge on any atom is 0.310 e. The van der Waals surface area contributed by atoms with Crippen LogP contribution in [0.3, 0.4) is 0 Å². The Labute approximate surface area is 132 Å². The summed E-state index contributed by atoms with van der Waals surface area (Å²) in [6, 6.07) is 7.98. The van der Waals surface area contributed by atoms with Crippen LogP contribution in [0.2, 0.25) is 0 Å². The number of hydrogen-bond donors (Lipinski definition) is 1. The van der Waals surface area contributed by atoms with Crippen molar-refractivity contribution in [3.8, 4) is 0 Å². The van der Waals surface area contributed by atoms with E-state index in [2.05, 4.69) is 4.98 Å². The molecule has 1 aliphatic carbocycles. The summed E-state index contributed by atoms with van der Waals surface area (Å²) in [6.07, 6.45) is 3.78. The number of carbonyl (C=O) groups is 2. The maximum absolute atomic E-state index is 12.2. The number of benzene rings is 1. The summed E-state index contributed by atoms with van der Waals surface area (Å²) in [7, 11) is 0. The smallest absolute Gasteiger partial charge is 0.310 e. The van der Waals surface area contributed by atoms with Crippen LogP contribution in [0, 0.1) is 5.92 Å². The maximum atomic E-state index is 12.2. The second-order valence-electron chi connectivity index (χ2n) is 5.59. The van der Waals surface area contributed by atoms with Crippen molar-refractivity contribution in [2.75, 3.05) is 6.61 Å². The first-order valence-corrected chi connectivity index (χ1v) is 8.27. The van der Waals surface area contributed by atoms with E-state index in [1.54, 1.807) is 11.3 Å². The van der Waals surface area contributed by atoms with Crippen molar-refractivity contribution in [2.45, 2.75) is 31.6 Å². The SMILES string of the molecule is NC(=O)COC(=O)[C@H]1CCCC[C@H]1c1nc2ccccc2s1. The molecule has 0 spiro atoms. The minimum absolute atomic E-state index is 0.0755. The van der Waals surface area contributed by atoms with Crippen LogP contribution >= 0.6 is 11.3 Å². The number of hydrogen-bond acceptors (Lipinski definition) is 5. The average molecular weight is 318 g/mol. The summed E-state index contributed by atoms with van der Waals surface area (Å²) in [5, 5.41) is 0.988. The molecule has 2 atom stereocenters. The monoisotopic (exact) mass is 318 g/mol. The Hall–Kier alpha value is -1.95. The molecule has 0 unspecified atom stereocenters. The van der Waals surface area contributed by atoms with Gasteiger partial charge in [-0.2, -0.15) is 0 Å². The lowest BCUT2D eigenvalue weighted by molar-refractivity contribution is -0.153. The largest absolute Gasteiger partial charge is 0.455 e. The lowest BCUT2D eigenvalue weighted by Gasteiger charge is -2.28. The van der Waals surface area contributed by atoms with Crippen molar-refractivity contribution in [1.29, 1.82) is 0 Å². The fourth-order valence-corrected chi connectivity index (χ4v) is 4.17. The van der Waals surface area contributed by atoms with Gasteiger partial charge in [0.05, 0.1) is 21.1 Å². The molecule has 22 heavy (non-hydrogen) atoms.